The number of benzene rings is 2. The second-order valence-corrected chi connectivity index (χ2v) is 8.24. The van der Waals surface area contributed by atoms with Crippen molar-refractivity contribution in [2.75, 3.05) is 20.8 Å². The number of hydrogen-bond donors (Lipinski definition) is 1. The maximum absolute atomic E-state index is 13.4. The van der Waals surface area contributed by atoms with Gasteiger partial charge in [-0.1, -0.05) is 18.2 Å². The van der Waals surface area contributed by atoms with Crippen LogP contribution >= 0.6 is 0 Å². The van der Waals surface area contributed by atoms with Crippen molar-refractivity contribution < 1.29 is 18.7 Å². The van der Waals surface area contributed by atoms with Crippen molar-refractivity contribution in [3.05, 3.63) is 59.4 Å². The molecule has 2 atom stereocenters. The summed E-state index contributed by atoms with van der Waals surface area (Å²) in [5.41, 5.74) is 2.17. The molecule has 0 aromatic heterocycles. The number of amides is 1. The second kappa shape index (κ2) is 9.04. The van der Waals surface area contributed by atoms with E-state index < -0.39 is 0 Å². The van der Waals surface area contributed by atoms with Gasteiger partial charge >= 0.3 is 0 Å². The van der Waals surface area contributed by atoms with E-state index in [1.807, 2.05) is 24.3 Å². The van der Waals surface area contributed by atoms with Gasteiger partial charge in [0.15, 0.2) is 11.5 Å². The summed E-state index contributed by atoms with van der Waals surface area (Å²) in [6, 6.07) is 13.1. The molecule has 4 rings (SSSR count). The fourth-order valence-electron chi connectivity index (χ4n) is 4.24. The summed E-state index contributed by atoms with van der Waals surface area (Å²) >= 11 is 0. The third-order valence-corrected chi connectivity index (χ3v) is 6.07. The number of nitrogens with zero attached hydrogens (tertiary/aromatic N) is 1. The number of halogens is 1. The molecule has 2 fully saturated rings. The van der Waals surface area contributed by atoms with Crippen molar-refractivity contribution in [3.63, 3.8) is 0 Å². The molecule has 0 radical (unpaired) electrons. The van der Waals surface area contributed by atoms with E-state index in [0.29, 0.717) is 30.6 Å². The average Bonchev–Trinajstić information content (AvgIpc) is 3.58. The van der Waals surface area contributed by atoms with Crippen LogP contribution in [0.15, 0.2) is 42.5 Å². The first-order valence-corrected chi connectivity index (χ1v) is 10.6. The summed E-state index contributed by atoms with van der Waals surface area (Å²) in [6.45, 7) is 1.33. The van der Waals surface area contributed by atoms with Crippen molar-refractivity contribution >= 4 is 5.91 Å². The molecular formula is C24H29FN2O3. The summed E-state index contributed by atoms with van der Waals surface area (Å²) in [4.78, 5) is 15.0. The smallest absolute Gasteiger partial charge is 0.224 e. The molecule has 1 saturated heterocycles. The zero-order valence-corrected chi connectivity index (χ0v) is 17.6. The van der Waals surface area contributed by atoms with Crippen molar-refractivity contribution in [1.29, 1.82) is 0 Å². The van der Waals surface area contributed by atoms with E-state index in [2.05, 4.69) is 16.3 Å². The third-order valence-electron chi connectivity index (χ3n) is 6.07. The number of piperidine rings is 1. The van der Waals surface area contributed by atoms with Gasteiger partial charge < -0.3 is 14.8 Å². The highest BCUT2D eigenvalue weighted by Crippen LogP contribution is 2.38. The zero-order chi connectivity index (χ0) is 21.1. The first kappa shape index (κ1) is 20.7. The molecule has 0 bridgehead atoms. The number of hydrogen-bond acceptors (Lipinski definition) is 4. The lowest BCUT2D eigenvalue weighted by Crippen LogP contribution is -2.44. The van der Waals surface area contributed by atoms with E-state index in [0.717, 1.165) is 36.8 Å². The van der Waals surface area contributed by atoms with Gasteiger partial charge in [-0.15, -0.1) is 0 Å². The van der Waals surface area contributed by atoms with Crippen LogP contribution in [0.2, 0.25) is 0 Å². The van der Waals surface area contributed by atoms with Gasteiger partial charge in [-0.05, 0) is 61.1 Å². The Balaban J connectivity index is 1.57. The number of carbonyl (C=O) groups excluding carboxylic acids is 1. The molecule has 2 aliphatic rings. The molecule has 1 heterocycles. The van der Waals surface area contributed by atoms with E-state index in [1.165, 1.54) is 12.1 Å². The van der Waals surface area contributed by atoms with Gasteiger partial charge in [-0.25, -0.2) is 4.39 Å². The van der Waals surface area contributed by atoms with Gasteiger partial charge in [0.25, 0.3) is 0 Å². The highest BCUT2D eigenvalue weighted by atomic mass is 19.1. The van der Waals surface area contributed by atoms with Crippen molar-refractivity contribution in [2.24, 2.45) is 5.92 Å². The number of rotatable bonds is 7. The number of likely N-dealkylation sites (tertiary alicyclic amines) is 1. The van der Waals surface area contributed by atoms with Crippen LogP contribution in [-0.4, -0.2) is 37.6 Å². The molecule has 6 heteroatoms. The van der Waals surface area contributed by atoms with E-state index in [4.69, 9.17) is 9.47 Å². The summed E-state index contributed by atoms with van der Waals surface area (Å²) in [5, 5.41) is 3.15. The average molecular weight is 413 g/mol. The Morgan fingerprint density at radius 1 is 1.03 bits per heavy atom. The molecule has 5 nitrogen and oxygen atoms in total. The Kier molecular flexibility index (Phi) is 6.23. The number of methoxy groups -OCH3 is 2. The van der Waals surface area contributed by atoms with Gasteiger partial charge in [-0.3, -0.25) is 9.69 Å². The van der Waals surface area contributed by atoms with Crippen LogP contribution in [0.25, 0.3) is 0 Å². The minimum absolute atomic E-state index is 0.0255. The van der Waals surface area contributed by atoms with Crippen molar-refractivity contribution in [2.45, 2.75) is 44.3 Å². The van der Waals surface area contributed by atoms with Crippen LogP contribution in [0.1, 0.15) is 42.9 Å². The Labute approximate surface area is 177 Å². The monoisotopic (exact) mass is 412 g/mol. The zero-order valence-electron chi connectivity index (χ0n) is 17.6. The van der Waals surface area contributed by atoms with Crippen LogP contribution in [-0.2, 0) is 11.3 Å². The Bertz CT molecular complexity index is 883. The van der Waals surface area contributed by atoms with E-state index in [9.17, 15) is 9.18 Å². The van der Waals surface area contributed by atoms with Crippen molar-refractivity contribution in [1.82, 2.24) is 10.2 Å². The Hall–Kier alpha value is -2.60. The first-order chi connectivity index (χ1) is 14.6. The molecular weight excluding hydrogens is 383 g/mol. The molecule has 1 aliphatic heterocycles. The van der Waals surface area contributed by atoms with Crippen LogP contribution in [0.5, 0.6) is 11.5 Å². The fourth-order valence-corrected chi connectivity index (χ4v) is 4.24. The molecule has 2 unspecified atom stereocenters. The highest BCUT2D eigenvalue weighted by Gasteiger charge is 2.35. The Morgan fingerprint density at radius 3 is 2.43 bits per heavy atom. The van der Waals surface area contributed by atoms with Crippen LogP contribution < -0.4 is 14.8 Å². The largest absolute Gasteiger partial charge is 0.493 e. The van der Waals surface area contributed by atoms with Gasteiger partial charge in [0.05, 0.1) is 20.1 Å². The number of nitrogens with one attached hydrogen (secondary N) is 1. The molecule has 1 amide bonds. The maximum Gasteiger partial charge on any atom is 0.224 e. The summed E-state index contributed by atoms with van der Waals surface area (Å²) < 4.78 is 24.2. The van der Waals surface area contributed by atoms with Crippen LogP contribution in [0.4, 0.5) is 4.39 Å². The molecule has 1 N–H and O–H groups in total. The van der Waals surface area contributed by atoms with Gasteiger partial charge in [0.2, 0.25) is 5.91 Å². The fraction of sp³-hybridized carbons (Fsp3) is 0.458. The van der Waals surface area contributed by atoms with Gasteiger partial charge in [0, 0.05) is 25.2 Å². The summed E-state index contributed by atoms with van der Waals surface area (Å²) in [6.07, 6.45) is 3.90. The predicted molar refractivity (Wildman–Crippen MR) is 113 cm³/mol. The highest BCUT2D eigenvalue weighted by molar-refractivity contribution is 5.79. The molecule has 1 aliphatic carbocycles. The summed E-state index contributed by atoms with van der Waals surface area (Å²) in [7, 11) is 3.26. The lowest BCUT2D eigenvalue weighted by atomic mass is 9.87. The topological polar surface area (TPSA) is 50.8 Å². The number of ether oxygens (including phenoxy) is 2. The molecule has 30 heavy (non-hydrogen) atoms. The first-order valence-electron chi connectivity index (χ1n) is 10.6. The SMILES string of the molecule is COc1ccc(C2CCC(C(=O)NC3CC3)CN2Cc2ccc(F)cc2)cc1OC. The van der Waals surface area contributed by atoms with E-state index >= 15 is 0 Å². The minimum Gasteiger partial charge on any atom is -0.493 e. The normalized spacial score (nSPS) is 21.8. The van der Waals surface area contributed by atoms with Gasteiger partial charge in [-0.2, -0.15) is 0 Å². The maximum atomic E-state index is 13.4. The van der Waals surface area contributed by atoms with Crippen LogP contribution in [0, 0.1) is 11.7 Å². The predicted octanol–water partition coefficient (Wildman–Crippen LogP) is 4.07. The molecule has 1 saturated carbocycles. The van der Waals surface area contributed by atoms with E-state index in [1.54, 1.807) is 14.2 Å². The molecule has 160 valence electrons. The van der Waals surface area contributed by atoms with Crippen molar-refractivity contribution in [3.8, 4) is 11.5 Å². The summed E-state index contributed by atoms with van der Waals surface area (Å²) in [5.74, 6) is 1.29. The minimum atomic E-state index is -0.240. The van der Waals surface area contributed by atoms with Crippen LogP contribution in [0.3, 0.4) is 0 Å². The second-order valence-electron chi connectivity index (χ2n) is 8.24. The number of carbonyl (C=O) groups is 1. The van der Waals surface area contributed by atoms with Gasteiger partial charge in [0.1, 0.15) is 5.82 Å². The molecule has 2 aromatic carbocycles. The molecule has 2 aromatic rings. The molecule has 0 spiro atoms. The standard InChI is InChI=1S/C24H29FN2O3/c1-29-22-12-6-17(13-23(22)30-2)21-11-5-18(24(28)26-20-9-10-20)15-27(21)14-16-3-7-19(25)8-4-16/h3-4,6-8,12-13,18,20-21H,5,9-11,14-15H2,1-2H3,(H,26,28). The Morgan fingerprint density at radius 2 is 1.77 bits per heavy atom. The lowest BCUT2D eigenvalue weighted by Gasteiger charge is -2.39. The quantitative estimate of drug-likeness (QED) is 0.745. The third kappa shape index (κ3) is 4.75. The van der Waals surface area contributed by atoms with E-state index in [-0.39, 0.29) is 23.7 Å². The lowest BCUT2D eigenvalue weighted by molar-refractivity contribution is -0.127.